The van der Waals surface area contributed by atoms with E-state index in [0.717, 1.165) is 5.39 Å². The SMILES string of the molecule is N#Cc1cc2ccccc2c(F)c1CCN. The summed E-state index contributed by atoms with van der Waals surface area (Å²) in [4.78, 5) is 0. The van der Waals surface area contributed by atoms with Crippen LogP contribution in [0.4, 0.5) is 4.39 Å². The molecule has 3 heteroatoms. The Morgan fingerprint density at radius 3 is 2.75 bits per heavy atom. The van der Waals surface area contributed by atoms with Crippen LogP contribution >= 0.6 is 0 Å². The van der Waals surface area contributed by atoms with Crippen LogP contribution in [0, 0.1) is 17.1 Å². The third-order valence-electron chi connectivity index (χ3n) is 2.60. The van der Waals surface area contributed by atoms with E-state index in [1.165, 1.54) is 0 Å². The van der Waals surface area contributed by atoms with Gasteiger partial charge in [0.25, 0.3) is 0 Å². The van der Waals surface area contributed by atoms with Crippen LogP contribution in [-0.4, -0.2) is 6.54 Å². The summed E-state index contributed by atoms with van der Waals surface area (Å²) in [5.74, 6) is -0.319. The lowest BCUT2D eigenvalue weighted by atomic mass is 9.98. The Morgan fingerprint density at radius 1 is 1.31 bits per heavy atom. The molecule has 2 aromatic carbocycles. The molecule has 0 heterocycles. The molecule has 0 saturated heterocycles. The molecule has 16 heavy (non-hydrogen) atoms. The molecular formula is C13H11FN2. The normalized spacial score (nSPS) is 10.3. The van der Waals surface area contributed by atoms with E-state index in [2.05, 4.69) is 0 Å². The van der Waals surface area contributed by atoms with Gasteiger partial charge in [0.1, 0.15) is 5.82 Å². The van der Waals surface area contributed by atoms with Crippen LogP contribution in [0.1, 0.15) is 11.1 Å². The van der Waals surface area contributed by atoms with E-state index in [4.69, 9.17) is 11.0 Å². The van der Waals surface area contributed by atoms with Crippen molar-refractivity contribution in [2.45, 2.75) is 6.42 Å². The van der Waals surface area contributed by atoms with Crippen molar-refractivity contribution in [3.05, 3.63) is 47.3 Å². The summed E-state index contributed by atoms with van der Waals surface area (Å²) in [6, 6.07) is 10.8. The molecule has 0 aliphatic carbocycles. The minimum Gasteiger partial charge on any atom is -0.330 e. The monoisotopic (exact) mass is 214 g/mol. The highest BCUT2D eigenvalue weighted by Crippen LogP contribution is 2.24. The van der Waals surface area contributed by atoms with Crippen molar-refractivity contribution in [3.63, 3.8) is 0 Å². The molecule has 0 radical (unpaired) electrons. The molecule has 0 spiro atoms. The van der Waals surface area contributed by atoms with E-state index < -0.39 is 0 Å². The van der Waals surface area contributed by atoms with Crippen LogP contribution in [0.5, 0.6) is 0 Å². The minimum absolute atomic E-state index is 0.319. The molecule has 2 rings (SSSR count). The van der Waals surface area contributed by atoms with Gasteiger partial charge in [0.15, 0.2) is 0 Å². The Morgan fingerprint density at radius 2 is 2.06 bits per heavy atom. The van der Waals surface area contributed by atoms with Gasteiger partial charge < -0.3 is 5.73 Å². The molecule has 2 N–H and O–H groups in total. The van der Waals surface area contributed by atoms with E-state index in [0.29, 0.717) is 29.5 Å². The van der Waals surface area contributed by atoms with E-state index in [-0.39, 0.29) is 5.82 Å². The number of hydrogen-bond donors (Lipinski definition) is 1. The van der Waals surface area contributed by atoms with Gasteiger partial charge in [-0.1, -0.05) is 24.3 Å². The van der Waals surface area contributed by atoms with Gasteiger partial charge in [0.05, 0.1) is 11.6 Å². The third kappa shape index (κ3) is 1.64. The Balaban J connectivity index is 2.78. The van der Waals surface area contributed by atoms with Crippen LogP contribution in [0.3, 0.4) is 0 Å². The first-order chi connectivity index (χ1) is 7.77. The van der Waals surface area contributed by atoms with Crippen molar-refractivity contribution in [2.75, 3.05) is 6.54 Å². The van der Waals surface area contributed by atoms with Crippen LogP contribution in [-0.2, 0) is 6.42 Å². The Bertz CT molecular complexity index is 570. The number of hydrogen-bond acceptors (Lipinski definition) is 2. The second-order valence-electron chi connectivity index (χ2n) is 3.59. The van der Waals surface area contributed by atoms with Gasteiger partial charge in [-0.05, 0) is 24.4 Å². The maximum Gasteiger partial charge on any atom is 0.135 e. The van der Waals surface area contributed by atoms with Gasteiger partial charge in [-0.25, -0.2) is 4.39 Å². The van der Waals surface area contributed by atoms with Crippen LogP contribution < -0.4 is 5.73 Å². The predicted molar refractivity (Wildman–Crippen MR) is 61.4 cm³/mol. The summed E-state index contributed by atoms with van der Waals surface area (Å²) in [6.45, 7) is 0.337. The quantitative estimate of drug-likeness (QED) is 0.834. The highest BCUT2D eigenvalue weighted by molar-refractivity contribution is 5.85. The lowest BCUT2D eigenvalue weighted by molar-refractivity contribution is 0.621. The fourth-order valence-corrected chi connectivity index (χ4v) is 1.83. The number of rotatable bonds is 2. The highest BCUT2D eigenvalue weighted by Gasteiger charge is 2.12. The Kier molecular flexibility index (Phi) is 2.84. The molecule has 0 amide bonds. The van der Waals surface area contributed by atoms with Gasteiger partial charge in [0.2, 0.25) is 0 Å². The molecule has 0 aromatic heterocycles. The first-order valence-corrected chi connectivity index (χ1v) is 5.08. The van der Waals surface area contributed by atoms with E-state index >= 15 is 0 Å². The second kappa shape index (κ2) is 4.30. The smallest absolute Gasteiger partial charge is 0.135 e. The molecule has 0 fully saturated rings. The van der Waals surface area contributed by atoms with Gasteiger partial charge in [-0.3, -0.25) is 0 Å². The number of nitrogens with zero attached hydrogens (tertiary/aromatic N) is 1. The lowest BCUT2D eigenvalue weighted by Crippen LogP contribution is -2.07. The molecule has 2 nitrogen and oxygen atoms in total. The summed E-state index contributed by atoms with van der Waals surface area (Å²) in [5, 5.41) is 10.3. The third-order valence-corrected chi connectivity index (χ3v) is 2.60. The lowest BCUT2D eigenvalue weighted by Gasteiger charge is -2.07. The van der Waals surface area contributed by atoms with E-state index in [1.54, 1.807) is 24.3 Å². The minimum atomic E-state index is -0.319. The molecule has 80 valence electrons. The van der Waals surface area contributed by atoms with E-state index in [9.17, 15) is 4.39 Å². The van der Waals surface area contributed by atoms with Gasteiger partial charge >= 0.3 is 0 Å². The standard InChI is InChI=1S/C13H11FN2/c14-13-11-4-2-1-3-9(11)7-10(8-16)12(13)5-6-15/h1-4,7H,5-6,15H2. The summed E-state index contributed by atoms with van der Waals surface area (Å²) in [7, 11) is 0. The van der Waals surface area contributed by atoms with Crippen LogP contribution in [0.15, 0.2) is 30.3 Å². The van der Waals surface area contributed by atoms with Crippen molar-refractivity contribution >= 4 is 10.8 Å². The molecule has 0 aliphatic heterocycles. The van der Waals surface area contributed by atoms with Crippen molar-refractivity contribution in [3.8, 4) is 6.07 Å². The van der Waals surface area contributed by atoms with Gasteiger partial charge in [-0.2, -0.15) is 5.26 Å². The number of benzene rings is 2. The molecule has 0 unspecified atom stereocenters. The number of fused-ring (bicyclic) bond motifs is 1. The Hall–Kier alpha value is -1.92. The molecular weight excluding hydrogens is 203 g/mol. The predicted octanol–water partition coefficient (Wildman–Crippen LogP) is 2.35. The molecule has 0 aliphatic rings. The summed E-state index contributed by atoms with van der Waals surface area (Å²) in [5.41, 5.74) is 6.22. The maximum absolute atomic E-state index is 14.1. The van der Waals surface area contributed by atoms with Crippen LogP contribution in [0.25, 0.3) is 10.8 Å². The molecule has 0 saturated carbocycles. The van der Waals surface area contributed by atoms with Crippen molar-refractivity contribution in [1.29, 1.82) is 5.26 Å². The summed E-state index contributed by atoms with van der Waals surface area (Å²) in [6.07, 6.45) is 0.388. The topological polar surface area (TPSA) is 49.8 Å². The van der Waals surface area contributed by atoms with E-state index in [1.807, 2.05) is 12.1 Å². The molecule has 0 atom stereocenters. The van der Waals surface area contributed by atoms with Gasteiger partial charge in [-0.15, -0.1) is 0 Å². The Labute approximate surface area is 93.1 Å². The largest absolute Gasteiger partial charge is 0.330 e. The fraction of sp³-hybridized carbons (Fsp3) is 0.154. The zero-order chi connectivity index (χ0) is 11.5. The summed E-state index contributed by atoms with van der Waals surface area (Å²) < 4.78 is 14.1. The molecule has 2 aromatic rings. The zero-order valence-electron chi connectivity index (χ0n) is 8.70. The number of nitrogens with two attached hydrogens (primary N) is 1. The average Bonchev–Trinajstić information content (AvgIpc) is 2.33. The first-order valence-electron chi connectivity index (χ1n) is 5.08. The number of nitriles is 1. The average molecular weight is 214 g/mol. The molecule has 0 bridgehead atoms. The summed E-state index contributed by atoms with van der Waals surface area (Å²) >= 11 is 0. The fourth-order valence-electron chi connectivity index (χ4n) is 1.83. The zero-order valence-corrected chi connectivity index (χ0v) is 8.70. The van der Waals surface area contributed by atoms with Crippen molar-refractivity contribution < 1.29 is 4.39 Å². The first kappa shape index (κ1) is 10.6. The van der Waals surface area contributed by atoms with Crippen LogP contribution in [0.2, 0.25) is 0 Å². The highest BCUT2D eigenvalue weighted by atomic mass is 19.1. The maximum atomic E-state index is 14.1. The number of halogens is 1. The van der Waals surface area contributed by atoms with Crippen molar-refractivity contribution in [2.24, 2.45) is 5.73 Å². The van der Waals surface area contributed by atoms with Crippen molar-refractivity contribution in [1.82, 2.24) is 0 Å². The second-order valence-corrected chi connectivity index (χ2v) is 3.59. The van der Waals surface area contributed by atoms with Gasteiger partial charge in [0, 0.05) is 10.9 Å².